The third kappa shape index (κ3) is 7.02. The third-order valence-electron chi connectivity index (χ3n) is 6.13. The highest BCUT2D eigenvalue weighted by molar-refractivity contribution is 7.99. The summed E-state index contributed by atoms with van der Waals surface area (Å²) in [7, 11) is 0. The lowest BCUT2D eigenvalue weighted by Crippen LogP contribution is -2.43. The number of nitrogens with two attached hydrogens (primary N) is 1. The highest BCUT2D eigenvalue weighted by Gasteiger charge is 2.37. The first kappa shape index (κ1) is 28.3. The summed E-state index contributed by atoms with van der Waals surface area (Å²) >= 11 is 1.49. The number of benzene rings is 2. The van der Waals surface area contributed by atoms with E-state index < -0.39 is 30.0 Å². The van der Waals surface area contributed by atoms with E-state index in [0.717, 1.165) is 17.9 Å². The van der Waals surface area contributed by atoms with Gasteiger partial charge in [0, 0.05) is 24.4 Å². The molecule has 1 aromatic heterocycles. The molecule has 1 unspecified atom stereocenters. The van der Waals surface area contributed by atoms with Gasteiger partial charge >= 0.3 is 12.1 Å². The van der Waals surface area contributed by atoms with Gasteiger partial charge in [-0.1, -0.05) is 36.0 Å². The number of aromatic amines is 1. The van der Waals surface area contributed by atoms with Gasteiger partial charge in [0.2, 0.25) is 0 Å². The van der Waals surface area contributed by atoms with Crippen molar-refractivity contribution in [2.45, 2.75) is 37.7 Å². The fourth-order valence-corrected chi connectivity index (χ4v) is 4.74. The lowest BCUT2D eigenvalue weighted by molar-refractivity contribution is -0.120. The Kier molecular flexibility index (Phi) is 9.33. The number of cyclic esters (lactones) is 1. The first-order valence-corrected chi connectivity index (χ1v) is 13.4. The zero-order chi connectivity index (χ0) is 27.9. The Labute approximate surface area is 229 Å². The Morgan fingerprint density at radius 2 is 2.08 bits per heavy atom. The molecular weight excluding hydrogens is 525 g/mol. The fraction of sp³-hybridized carbons (Fsp3) is 0.333. The van der Waals surface area contributed by atoms with Crippen molar-refractivity contribution >= 4 is 35.3 Å². The van der Waals surface area contributed by atoms with E-state index in [1.54, 1.807) is 19.1 Å². The van der Waals surface area contributed by atoms with Gasteiger partial charge in [0.1, 0.15) is 29.4 Å². The lowest BCUT2D eigenvalue weighted by Gasteiger charge is -2.16. The topological polar surface area (TPSA) is 140 Å². The second-order valence-electron chi connectivity index (χ2n) is 8.88. The van der Waals surface area contributed by atoms with Crippen molar-refractivity contribution in [1.82, 2.24) is 15.3 Å². The minimum absolute atomic E-state index is 0.0781. The number of rotatable bonds is 12. The molecule has 1 amide bonds. The maximum atomic E-state index is 15.0. The summed E-state index contributed by atoms with van der Waals surface area (Å²) in [6, 6.07) is 11.1. The number of halogens is 1. The summed E-state index contributed by atoms with van der Waals surface area (Å²) in [5.74, 6) is -0.438. The maximum absolute atomic E-state index is 15.0. The number of carbonyl (C=O) groups excluding carboxylic acids is 3. The molecule has 10 nitrogen and oxygen atoms in total. The van der Waals surface area contributed by atoms with Gasteiger partial charge in [-0.25, -0.2) is 19.0 Å². The van der Waals surface area contributed by atoms with Crippen molar-refractivity contribution in [3.05, 3.63) is 65.7 Å². The highest BCUT2D eigenvalue weighted by atomic mass is 32.2. The molecule has 2 heterocycles. The number of hydrogen-bond donors (Lipinski definition) is 3. The van der Waals surface area contributed by atoms with Gasteiger partial charge in [0.25, 0.3) is 0 Å². The van der Waals surface area contributed by atoms with E-state index in [0.29, 0.717) is 40.8 Å². The molecule has 0 radical (unpaired) electrons. The van der Waals surface area contributed by atoms with Crippen LogP contribution in [0.5, 0.6) is 0 Å². The molecule has 1 aliphatic heterocycles. The Bertz CT molecular complexity index is 1330. The molecule has 0 aliphatic carbocycles. The summed E-state index contributed by atoms with van der Waals surface area (Å²) < 4.78 is 25.1. The molecule has 0 spiro atoms. The predicted molar refractivity (Wildman–Crippen MR) is 145 cm³/mol. The minimum Gasteiger partial charge on any atom is -0.461 e. The normalized spacial score (nSPS) is 15.7. The number of imidazole rings is 1. The van der Waals surface area contributed by atoms with Crippen molar-refractivity contribution in [3.8, 4) is 11.1 Å². The number of carbonyl (C=O) groups is 3. The van der Waals surface area contributed by atoms with E-state index in [4.69, 9.17) is 15.2 Å². The van der Waals surface area contributed by atoms with E-state index >= 15 is 4.39 Å². The van der Waals surface area contributed by atoms with Gasteiger partial charge in [-0.3, -0.25) is 9.69 Å². The first-order chi connectivity index (χ1) is 18.8. The first-order valence-electron chi connectivity index (χ1n) is 12.5. The molecule has 4 N–H and O–H groups in total. The van der Waals surface area contributed by atoms with Crippen LogP contribution in [0.4, 0.5) is 14.9 Å². The Morgan fingerprint density at radius 1 is 1.31 bits per heavy atom. The van der Waals surface area contributed by atoms with Gasteiger partial charge in [-0.15, -0.1) is 0 Å². The van der Waals surface area contributed by atoms with Crippen LogP contribution in [0.3, 0.4) is 0 Å². The monoisotopic (exact) mass is 555 g/mol. The average Bonchev–Trinajstić information content (AvgIpc) is 3.55. The number of Topliss-reactive ketones (excluding diaryl/α,β-unsaturated/α-hetero) is 1. The quantitative estimate of drug-likeness (QED) is 0.174. The largest absolute Gasteiger partial charge is 0.461 e. The molecule has 0 saturated carbocycles. The molecule has 2 atom stereocenters. The van der Waals surface area contributed by atoms with Crippen LogP contribution in [0.1, 0.15) is 29.9 Å². The second kappa shape index (κ2) is 12.9. The average molecular weight is 556 g/mol. The van der Waals surface area contributed by atoms with E-state index in [-0.39, 0.29) is 12.3 Å². The number of aromatic nitrogens is 2. The van der Waals surface area contributed by atoms with Crippen molar-refractivity contribution in [3.63, 3.8) is 0 Å². The number of anilines is 1. The van der Waals surface area contributed by atoms with E-state index in [1.165, 1.54) is 35.8 Å². The summed E-state index contributed by atoms with van der Waals surface area (Å²) in [6.45, 7) is 4.82. The summed E-state index contributed by atoms with van der Waals surface area (Å²) in [6.07, 6.45) is 0.0324. The zero-order valence-electron chi connectivity index (χ0n) is 21.6. The Hall–Kier alpha value is -3.74. The molecule has 4 rings (SSSR count). The number of amides is 1. The molecule has 39 heavy (non-hydrogen) atoms. The molecule has 1 fully saturated rings. The van der Waals surface area contributed by atoms with Crippen LogP contribution < -0.4 is 16.0 Å². The van der Waals surface area contributed by atoms with Gasteiger partial charge in [0.15, 0.2) is 5.16 Å². The van der Waals surface area contributed by atoms with Crippen LogP contribution in [0.25, 0.3) is 11.1 Å². The second-order valence-corrected chi connectivity index (χ2v) is 9.96. The SMILES string of the molecule is CCOC(=O)c1cnc(SCCNCc2ccc(-c3ccc(N4CC([C@H](N)C(C)=O)OC4=O)cc3F)cc2)[nH]1. The molecule has 206 valence electrons. The van der Waals surface area contributed by atoms with Crippen LogP contribution in [0.2, 0.25) is 0 Å². The summed E-state index contributed by atoms with van der Waals surface area (Å²) in [5.41, 5.74) is 8.62. The fourth-order valence-electron chi connectivity index (χ4n) is 3.99. The number of thioether (sulfide) groups is 1. The van der Waals surface area contributed by atoms with Crippen molar-refractivity contribution in [1.29, 1.82) is 0 Å². The minimum atomic E-state index is -0.920. The summed E-state index contributed by atoms with van der Waals surface area (Å²) in [4.78, 5) is 43.8. The number of ketones is 1. The maximum Gasteiger partial charge on any atom is 0.414 e. The number of H-pyrrole nitrogens is 1. The highest BCUT2D eigenvalue weighted by Crippen LogP contribution is 2.29. The smallest absolute Gasteiger partial charge is 0.414 e. The van der Waals surface area contributed by atoms with Crippen molar-refractivity contribution < 1.29 is 28.2 Å². The molecule has 12 heteroatoms. The third-order valence-corrected chi connectivity index (χ3v) is 7.02. The predicted octanol–water partition coefficient (Wildman–Crippen LogP) is 3.52. The summed E-state index contributed by atoms with van der Waals surface area (Å²) in [5, 5.41) is 4.00. The number of nitrogens with zero attached hydrogens (tertiary/aromatic N) is 2. The Balaban J connectivity index is 1.27. The van der Waals surface area contributed by atoms with Crippen LogP contribution >= 0.6 is 11.8 Å². The van der Waals surface area contributed by atoms with Gasteiger partial charge in [0.05, 0.1) is 25.0 Å². The molecule has 0 bridgehead atoms. The number of esters is 1. The number of ether oxygens (including phenoxy) is 2. The van der Waals surface area contributed by atoms with Crippen molar-refractivity contribution in [2.24, 2.45) is 5.73 Å². The number of nitrogens with one attached hydrogen (secondary N) is 2. The van der Waals surface area contributed by atoms with Crippen LogP contribution in [-0.4, -0.2) is 65.4 Å². The molecule has 1 aliphatic rings. The van der Waals surface area contributed by atoms with Crippen LogP contribution in [-0.2, 0) is 20.8 Å². The van der Waals surface area contributed by atoms with E-state index in [1.807, 2.05) is 24.3 Å². The Morgan fingerprint density at radius 3 is 2.77 bits per heavy atom. The van der Waals surface area contributed by atoms with E-state index in [2.05, 4.69) is 15.3 Å². The lowest BCUT2D eigenvalue weighted by atomic mass is 10.0. The van der Waals surface area contributed by atoms with Gasteiger partial charge < -0.3 is 25.5 Å². The number of hydrogen-bond acceptors (Lipinski definition) is 9. The van der Waals surface area contributed by atoms with Crippen molar-refractivity contribution in [2.75, 3.05) is 30.3 Å². The van der Waals surface area contributed by atoms with Crippen LogP contribution in [0, 0.1) is 5.82 Å². The zero-order valence-corrected chi connectivity index (χ0v) is 22.4. The van der Waals surface area contributed by atoms with E-state index in [9.17, 15) is 14.4 Å². The standard InChI is InChI=1S/C27H30FN5O5S/c1-3-37-25(35)22-14-31-26(32-22)39-11-10-30-13-17-4-6-18(7-5-17)20-9-8-19(12-21(20)28)33-15-23(38-27(33)36)24(29)16(2)34/h4-9,12,14,23-24,30H,3,10-11,13,15,29H2,1-2H3,(H,31,32)/t23?,24-/m1/s1. The molecular formula is C27H30FN5O5S. The van der Waals surface area contributed by atoms with Crippen LogP contribution in [0.15, 0.2) is 53.8 Å². The molecule has 1 saturated heterocycles. The van der Waals surface area contributed by atoms with Gasteiger partial charge in [-0.2, -0.15) is 0 Å². The van der Waals surface area contributed by atoms with Gasteiger partial charge in [-0.05, 0) is 43.2 Å². The molecule has 2 aromatic carbocycles. The molecule has 3 aromatic rings.